The molecule has 20 heavy (non-hydrogen) atoms. The predicted octanol–water partition coefficient (Wildman–Crippen LogP) is 5.21. The van der Waals surface area contributed by atoms with Gasteiger partial charge in [0, 0.05) is 20.8 Å². The largest absolute Gasteiger partial charge is 0.326 e. The van der Waals surface area contributed by atoms with Crippen LogP contribution in [0.2, 0.25) is 0 Å². The summed E-state index contributed by atoms with van der Waals surface area (Å²) in [7, 11) is 0. The highest BCUT2D eigenvalue weighted by Crippen LogP contribution is 2.35. The standard InChI is InChI=1S/C17H14BrNS/c18-13-4-3-5-14(10-13)20-17-9-8-12(11-19)15-6-1-2-7-16(15)17/h1-10H,11,19H2. The number of fused-ring (bicyclic) bond motifs is 1. The molecule has 0 aliphatic carbocycles. The molecule has 0 aliphatic heterocycles. The Labute approximate surface area is 131 Å². The van der Waals surface area contributed by atoms with Gasteiger partial charge in [-0.25, -0.2) is 0 Å². The van der Waals surface area contributed by atoms with E-state index in [0.29, 0.717) is 6.54 Å². The fourth-order valence-corrected chi connectivity index (χ4v) is 3.82. The Morgan fingerprint density at radius 2 is 1.70 bits per heavy atom. The van der Waals surface area contributed by atoms with Gasteiger partial charge < -0.3 is 5.73 Å². The molecular formula is C17H14BrNS. The first kappa shape index (κ1) is 13.7. The highest BCUT2D eigenvalue weighted by Gasteiger charge is 2.06. The van der Waals surface area contributed by atoms with Crippen molar-refractivity contribution >= 4 is 38.5 Å². The van der Waals surface area contributed by atoms with Gasteiger partial charge in [-0.15, -0.1) is 0 Å². The van der Waals surface area contributed by atoms with Crippen LogP contribution in [0.15, 0.2) is 74.9 Å². The smallest absolute Gasteiger partial charge is 0.0201 e. The molecule has 3 aromatic carbocycles. The zero-order valence-corrected chi connectivity index (χ0v) is 13.2. The topological polar surface area (TPSA) is 26.0 Å². The van der Waals surface area contributed by atoms with Crippen molar-refractivity contribution in [3.8, 4) is 0 Å². The Morgan fingerprint density at radius 3 is 2.45 bits per heavy atom. The van der Waals surface area contributed by atoms with Crippen molar-refractivity contribution in [3.63, 3.8) is 0 Å². The van der Waals surface area contributed by atoms with Gasteiger partial charge in [0.25, 0.3) is 0 Å². The molecule has 0 aliphatic rings. The minimum atomic E-state index is 0.572. The Morgan fingerprint density at radius 1 is 0.900 bits per heavy atom. The van der Waals surface area contributed by atoms with E-state index in [4.69, 9.17) is 5.73 Å². The first-order valence-corrected chi connectivity index (χ1v) is 8.03. The van der Waals surface area contributed by atoms with Crippen molar-refractivity contribution in [3.05, 3.63) is 70.7 Å². The quantitative estimate of drug-likeness (QED) is 0.706. The normalized spacial score (nSPS) is 10.9. The summed E-state index contributed by atoms with van der Waals surface area (Å²) < 4.78 is 1.10. The Kier molecular flexibility index (Phi) is 4.10. The number of halogens is 1. The van der Waals surface area contributed by atoms with Gasteiger partial charge in [-0.3, -0.25) is 0 Å². The lowest BCUT2D eigenvalue weighted by molar-refractivity contribution is 1.08. The lowest BCUT2D eigenvalue weighted by Gasteiger charge is -2.10. The molecule has 0 spiro atoms. The Bertz CT molecular complexity index is 755. The maximum absolute atomic E-state index is 5.83. The zero-order chi connectivity index (χ0) is 13.9. The maximum Gasteiger partial charge on any atom is 0.0201 e. The minimum absolute atomic E-state index is 0.572. The summed E-state index contributed by atoms with van der Waals surface area (Å²) in [6.07, 6.45) is 0. The van der Waals surface area contributed by atoms with Crippen molar-refractivity contribution in [1.29, 1.82) is 0 Å². The molecule has 0 saturated heterocycles. The Hall–Kier alpha value is -1.29. The van der Waals surface area contributed by atoms with E-state index < -0.39 is 0 Å². The first-order chi connectivity index (χ1) is 9.78. The van der Waals surface area contributed by atoms with Gasteiger partial charge in [-0.1, -0.05) is 64.1 Å². The van der Waals surface area contributed by atoms with E-state index in [1.165, 1.54) is 26.1 Å². The molecule has 3 heteroatoms. The van der Waals surface area contributed by atoms with E-state index in [0.717, 1.165) is 4.47 Å². The van der Waals surface area contributed by atoms with E-state index in [9.17, 15) is 0 Å². The van der Waals surface area contributed by atoms with Crippen LogP contribution in [0.25, 0.3) is 10.8 Å². The summed E-state index contributed by atoms with van der Waals surface area (Å²) in [5, 5.41) is 2.51. The van der Waals surface area contributed by atoms with Crippen LogP contribution in [0.5, 0.6) is 0 Å². The minimum Gasteiger partial charge on any atom is -0.326 e. The summed E-state index contributed by atoms with van der Waals surface area (Å²) in [5.41, 5.74) is 7.02. The van der Waals surface area contributed by atoms with Crippen LogP contribution in [0.3, 0.4) is 0 Å². The van der Waals surface area contributed by atoms with Crippen LogP contribution < -0.4 is 5.73 Å². The predicted molar refractivity (Wildman–Crippen MR) is 90.1 cm³/mol. The van der Waals surface area contributed by atoms with Crippen LogP contribution in [0, 0.1) is 0 Å². The first-order valence-electron chi connectivity index (χ1n) is 6.42. The molecule has 0 aromatic heterocycles. The van der Waals surface area contributed by atoms with Crippen LogP contribution in [0.4, 0.5) is 0 Å². The summed E-state index contributed by atoms with van der Waals surface area (Å²) in [4.78, 5) is 2.49. The zero-order valence-electron chi connectivity index (χ0n) is 10.8. The monoisotopic (exact) mass is 343 g/mol. The molecule has 2 N–H and O–H groups in total. The third kappa shape index (κ3) is 2.75. The van der Waals surface area contributed by atoms with Gasteiger partial charge in [0.15, 0.2) is 0 Å². The lowest BCUT2D eigenvalue weighted by Crippen LogP contribution is -1.97. The highest BCUT2D eigenvalue weighted by molar-refractivity contribution is 9.10. The summed E-state index contributed by atoms with van der Waals surface area (Å²) in [6.45, 7) is 0.572. The van der Waals surface area contributed by atoms with Crippen LogP contribution in [0.1, 0.15) is 5.56 Å². The fraction of sp³-hybridized carbons (Fsp3) is 0.0588. The van der Waals surface area contributed by atoms with Crippen LogP contribution >= 0.6 is 27.7 Å². The number of benzene rings is 3. The molecule has 0 unspecified atom stereocenters. The van der Waals surface area contributed by atoms with Gasteiger partial charge in [-0.05, 0) is 40.6 Å². The number of hydrogen-bond acceptors (Lipinski definition) is 2. The molecule has 1 nitrogen and oxygen atoms in total. The molecule has 0 bridgehead atoms. The number of hydrogen-bond donors (Lipinski definition) is 1. The van der Waals surface area contributed by atoms with Crippen LogP contribution in [-0.4, -0.2) is 0 Å². The molecule has 3 aromatic rings. The van der Waals surface area contributed by atoms with E-state index >= 15 is 0 Å². The van der Waals surface area contributed by atoms with Crippen molar-refractivity contribution in [2.75, 3.05) is 0 Å². The summed E-state index contributed by atoms with van der Waals surface area (Å²) in [5.74, 6) is 0. The number of rotatable bonds is 3. The number of nitrogens with two attached hydrogens (primary N) is 1. The summed E-state index contributed by atoms with van der Waals surface area (Å²) >= 11 is 5.30. The molecule has 0 fully saturated rings. The van der Waals surface area contributed by atoms with Gasteiger partial charge in [0.05, 0.1) is 0 Å². The fourth-order valence-electron chi connectivity index (χ4n) is 2.26. The second kappa shape index (κ2) is 6.00. The SMILES string of the molecule is NCc1ccc(Sc2cccc(Br)c2)c2ccccc12. The van der Waals surface area contributed by atoms with Gasteiger partial charge >= 0.3 is 0 Å². The van der Waals surface area contributed by atoms with Crippen molar-refractivity contribution in [2.45, 2.75) is 16.3 Å². The van der Waals surface area contributed by atoms with E-state index in [1.807, 2.05) is 6.07 Å². The van der Waals surface area contributed by atoms with Gasteiger partial charge in [-0.2, -0.15) is 0 Å². The molecular weight excluding hydrogens is 330 g/mol. The van der Waals surface area contributed by atoms with Crippen molar-refractivity contribution in [2.24, 2.45) is 5.73 Å². The highest BCUT2D eigenvalue weighted by atomic mass is 79.9. The Balaban J connectivity index is 2.08. The lowest BCUT2D eigenvalue weighted by atomic mass is 10.0. The van der Waals surface area contributed by atoms with E-state index in [2.05, 4.69) is 70.5 Å². The molecule has 0 radical (unpaired) electrons. The molecule has 100 valence electrons. The van der Waals surface area contributed by atoms with E-state index in [-0.39, 0.29) is 0 Å². The van der Waals surface area contributed by atoms with Crippen molar-refractivity contribution < 1.29 is 0 Å². The third-order valence-electron chi connectivity index (χ3n) is 3.22. The second-order valence-electron chi connectivity index (χ2n) is 4.53. The van der Waals surface area contributed by atoms with Gasteiger partial charge in [0.2, 0.25) is 0 Å². The molecule has 0 atom stereocenters. The average molecular weight is 344 g/mol. The molecule has 0 amide bonds. The van der Waals surface area contributed by atoms with Crippen LogP contribution in [-0.2, 0) is 6.54 Å². The molecule has 3 rings (SSSR count). The third-order valence-corrected chi connectivity index (χ3v) is 4.78. The van der Waals surface area contributed by atoms with Gasteiger partial charge in [0.1, 0.15) is 0 Å². The van der Waals surface area contributed by atoms with E-state index in [1.54, 1.807) is 11.8 Å². The summed E-state index contributed by atoms with van der Waals surface area (Å²) in [6, 6.07) is 21.1. The molecule has 0 saturated carbocycles. The second-order valence-corrected chi connectivity index (χ2v) is 6.56. The average Bonchev–Trinajstić information content (AvgIpc) is 2.48. The molecule has 0 heterocycles. The van der Waals surface area contributed by atoms with Crippen molar-refractivity contribution in [1.82, 2.24) is 0 Å². The maximum atomic E-state index is 5.83.